The lowest BCUT2D eigenvalue weighted by Crippen LogP contribution is -2.65. The highest BCUT2D eigenvalue weighted by Gasteiger charge is 2.74. The fourth-order valence-electron chi connectivity index (χ4n) is 9.02. The van der Waals surface area contributed by atoms with Crippen molar-refractivity contribution >= 4 is 23.1 Å². The number of aliphatic hydroxyl groups is 4. The molecular formula is C30H44O8. The molecule has 2 unspecified atom stereocenters. The second-order valence-electron chi connectivity index (χ2n) is 14.5. The Balaban J connectivity index is 1.78. The number of rotatable bonds is 5. The van der Waals surface area contributed by atoms with Gasteiger partial charge in [-0.1, -0.05) is 32.4 Å². The van der Waals surface area contributed by atoms with Crippen LogP contribution in [0.25, 0.3) is 0 Å². The van der Waals surface area contributed by atoms with E-state index in [1.807, 2.05) is 26.8 Å². The fraction of sp³-hybridized carbons (Fsp3) is 0.800. The van der Waals surface area contributed by atoms with Gasteiger partial charge < -0.3 is 20.4 Å². The highest BCUT2D eigenvalue weighted by molar-refractivity contribution is 6.40. The van der Waals surface area contributed by atoms with Gasteiger partial charge in [-0.2, -0.15) is 0 Å². The number of carbonyl (C=O) groups excluding carboxylic acids is 4. The molecule has 38 heavy (non-hydrogen) atoms. The van der Waals surface area contributed by atoms with E-state index < -0.39 is 80.7 Å². The van der Waals surface area contributed by atoms with Crippen LogP contribution in [-0.4, -0.2) is 67.0 Å². The van der Waals surface area contributed by atoms with Crippen molar-refractivity contribution in [2.75, 3.05) is 0 Å². The van der Waals surface area contributed by atoms with Gasteiger partial charge in [-0.05, 0) is 64.2 Å². The highest BCUT2D eigenvalue weighted by atomic mass is 16.3. The Hall–Kier alpha value is -1.74. The molecule has 0 aromatic heterocycles. The number of fused-ring (bicyclic) bond motifs is 5. The predicted octanol–water partition coefficient (Wildman–Crippen LogP) is 2.33. The van der Waals surface area contributed by atoms with Gasteiger partial charge in [0.1, 0.15) is 11.4 Å². The molecule has 0 radical (unpaired) electrons. The summed E-state index contributed by atoms with van der Waals surface area (Å²) in [6.07, 6.45) is -0.265. The van der Waals surface area contributed by atoms with Crippen LogP contribution in [0.15, 0.2) is 11.6 Å². The topological polar surface area (TPSA) is 149 Å². The van der Waals surface area contributed by atoms with E-state index in [1.54, 1.807) is 13.8 Å². The maximum absolute atomic E-state index is 14.2. The number of ketones is 4. The van der Waals surface area contributed by atoms with E-state index in [4.69, 9.17) is 0 Å². The molecule has 9 atom stereocenters. The Labute approximate surface area is 224 Å². The second kappa shape index (κ2) is 8.38. The van der Waals surface area contributed by atoms with Crippen molar-refractivity contribution < 1.29 is 39.6 Å². The standard InChI is InChI=1S/C30H44O8/c1-25(2)15-9-10-19-27(5)13-18(32)23(30(8,38)21(34)12-20(33)26(3,4)37)28(27,6)14-22(35)29(19,7)16(15)11-17(31)24(25)36/h9,16,18-20,23,32-33,37-38H,10-14H2,1-8H3/t16-,18-,19-,20?,23-,27-,28+,29-,30?/m0/s1. The van der Waals surface area contributed by atoms with Crippen molar-refractivity contribution in [2.45, 2.75) is 111 Å². The zero-order chi connectivity index (χ0) is 29.0. The summed E-state index contributed by atoms with van der Waals surface area (Å²) in [5.41, 5.74) is -6.33. The zero-order valence-corrected chi connectivity index (χ0v) is 23.9. The molecule has 3 saturated carbocycles. The quantitative estimate of drug-likeness (QED) is 0.311. The van der Waals surface area contributed by atoms with Crippen LogP contribution in [0.1, 0.15) is 87.5 Å². The minimum atomic E-state index is -2.06. The van der Waals surface area contributed by atoms with Gasteiger partial charge in [0.15, 0.2) is 11.6 Å². The molecule has 8 nitrogen and oxygen atoms in total. The van der Waals surface area contributed by atoms with Gasteiger partial charge in [-0.3, -0.25) is 19.2 Å². The molecule has 0 aromatic rings. The van der Waals surface area contributed by atoms with Crippen LogP contribution >= 0.6 is 0 Å². The molecule has 0 aliphatic heterocycles. The van der Waals surface area contributed by atoms with E-state index in [0.29, 0.717) is 6.42 Å². The molecule has 212 valence electrons. The number of aliphatic hydroxyl groups excluding tert-OH is 2. The lowest BCUT2D eigenvalue weighted by Gasteiger charge is -2.64. The first-order chi connectivity index (χ1) is 17.1. The predicted molar refractivity (Wildman–Crippen MR) is 139 cm³/mol. The molecule has 0 amide bonds. The smallest absolute Gasteiger partial charge is 0.207 e. The molecule has 8 heteroatoms. The lowest BCUT2D eigenvalue weighted by molar-refractivity contribution is -0.184. The number of hydrogen-bond acceptors (Lipinski definition) is 8. The van der Waals surface area contributed by atoms with Crippen LogP contribution in [-0.2, 0) is 19.2 Å². The van der Waals surface area contributed by atoms with E-state index in [1.165, 1.54) is 20.8 Å². The summed E-state index contributed by atoms with van der Waals surface area (Å²) in [6.45, 7) is 13.3. The summed E-state index contributed by atoms with van der Waals surface area (Å²) < 4.78 is 0. The molecular weight excluding hydrogens is 488 g/mol. The largest absolute Gasteiger partial charge is 0.393 e. The monoisotopic (exact) mass is 532 g/mol. The van der Waals surface area contributed by atoms with Crippen molar-refractivity contribution in [1.82, 2.24) is 0 Å². The minimum absolute atomic E-state index is 0.00203. The summed E-state index contributed by atoms with van der Waals surface area (Å²) >= 11 is 0. The van der Waals surface area contributed by atoms with E-state index in [0.717, 1.165) is 5.57 Å². The Morgan fingerprint density at radius 1 is 1.05 bits per heavy atom. The van der Waals surface area contributed by atoms with Crippen LogP contribution in [0, 0.1) is 39.4 Å². The Kier molecular flexibility index (Phi) is 6.45. The van der Waals surface area contributed by atoms with Crippen molar-refractivity contribution in [3.05, 3.63) is 11.6 Å². The van der Waals surface area contributed by atoms with Crippen molar-refractivity contribution in [3.8, 4) is 0 Å². The summed E-state index contributed by atoms with van der Waals surface area (Å²) in [5, 5.41) is 43.5. The average Bonchev–Trinajstić information content (AvgIpc) is 2.97. The summed E-state index contributed by atoms with van der Waals surface area (Å²) in [7, 11) is 0. The number of Topliss-reactive ketones (excluding diaryl/α,β-unsaturated/α-hetero) is 4. The van der Waals surface area contributed by atoms with Gasteiger partial charge in [0.25, 0.3) is 0 Å². The number of carbonyl (C=O) groups is 4. The van der Waals surface area contributed by atoms with Gasteiger partial charge in [-0.15, -0.1) is 0 Å². The van der Waals surface area contributed by atoms with Crippen molar-refractivity contribution in [1.29, 1.82) is 0 Å². The zero-order valence-electron chi connectivity index (χ0n) is 23.9. The third-order valence-corrected chi connectivity index (χ3v) is 11.6. The van der Waals surface area contributed by atoms with Crippen LogP contribution in [0.2, 0.25) is 0 Å². The fourth-order valence-corrected chi connectivity index (χ4v) is 9.02. The maximum Gasteiger partial charge on any atom is 0.207 e. The summed E-state index contributed by atoms with van der Waals surface area (Å²) in [6, 6.07) is 0. The lowest BCUT2D eigenvalue weighted by atomic mass is 9.38. The first-order valence-corrected chi connectivity index (χ1v) is 13.7. The van der Waals surface area contributed by atoms with Gasteiger partial charge >= 0.3 is 0 Å². The van der Waals surface area contributed by atoms with E-state index in [9.17, 15) is 39.6 Å². The molecule has 0 heterocycles. The molecule has 0 bridgehead atoms. The van der Waals surface area contributed by atoms with E-state index in [-0.39, 0.29) is 31.0 Å². The molecule has 4 aliphatic rings. The second-order valence-corrected chi connectivity index (χ2v) is 14.5. The van der Waals surface area contributed by atoms with E-state index >= 15 is 0 Å². The molecule has 0 aromatic carbocycles. The SMILES string of the molecule is CC1(C)C(=O)C(=O)C[C@H]2C1=CC[C@@H]1[C@@]2(C)C(=O)C[C@]2(C)[C@@H](C(C)(O)C(=O)CC(O)C(C)(C)O)[C@@H](O)C[C@@]12C. The van der Waals surface area contributed by atoms with Gasteiger partial charge in [0, 0.05) is 36.5 Å². The third-order valence-electron chi connectivity index (χ3n) is 11.6. The first-order valence-electron chi connectivity index (χ1n) is 13.7. The molecule has 4 rings (SSSR count). The highest BCUT2D eigenvalue weighted by Crippen LogP contribution is 2.74. The Bertz CT molecular complexity index is 1130. The van der Waals surface area contributed by atoms with Crippen LogP contribution in [0.5, 0.6) is 0 Å². The van der Waals surface area contributed by atoms with E-state index in [2.05, 4.69) is 0 Å². The van der Waals surface area contributed by atoms with Crippen molar-refractivity contribution in [2.24, 2.45) is 39.4 Å². The summed E-state index contributed by atoms with van der Waals surface area (Å²) in [5.74, 6) is -3.36. The van der Waals surface area contributed by atoms with Gasteiger partial charge in [0.2, 0.25) is 5.78 Å². The number of allylic oxidation sites excluding steroid dienone is 2. The molecule has 4 N–H and O–H groups in total. The van der Waals surface area contributed by atoms with Crippen LogP contribution < -0.4 is 0 Å². The summed E-state index contributed by atoms with van der Waals surface area (Å²) in [4.78, 5) is 53.1. The maximum atomic E-state index is 14.2. The minimum Gasteiger partial charge on any atom is -0.393 e. The Morgan fingerprint density at radius 2 is 1.63 bits per heavy atom. The molecule has 0 saturated heterocycles. The first kappa shape index (κ1) is 29.2. The van der Waals surface area contributed by atoms with Crippen molar-refractivity contribution in [3.63, 3.8) is 0 Å². The normalized spacial score (nSPS) is 42.9. The molecule has 3 fully saturated rings. The van der Waals surface area contributed by atoms with Gasteiger partial charge in [0.05, 0.1) is 23.2 Å². The van der Waals surface area contributed by atoms with Crippen LogP contribution in [0.3, 0.4) is 0 Å². The molecule has 0 spiro atoms. The van der Waals surface area contributed by atoms with Gasteiger partial charge in [-0.25, -0.2) is 0 Å². The average molecular weight is 533 g/mol. The van der Waals surface area contributed by atoms with Crippen LogP contribution in [0.4, 0.5) is 0 Å². The third kappa shape index (κ3) is 3.62. The molecule has 4 aliphatic carbocycles. The number of hydrogen-bond donors (Lipinski definition) is 4. The Morgan fingerprint density at radius 3 is 2.18 bits per heavy atom.